The van der Waals surface area contributed by atoms with Crippen LogP contribution < -0.4 is 0 Å². The fraction of sp³-hybridized carbons (Fsp3) is 0.938. The second-order valence-electron chi connectivity index (χ2n) is 6.66. The van der Waals surface area contributed by atoms with Gasteiger partial charge in [-0.25, -0.2) is 0 Å². The Bertz CT molecular complexity index is 318. The fourth-order valence-corrected chi connectivity index (χ4v) is 2.93. The van der Waals surface area contributed by atoms with Crippen LogP contribution in [0.25, 0.3) is 0 Å². The molecule has 2 fully saturated rings. The lowest BCUT2D eigenvalue weighted by Gasteiger charge is -2.33. The highest BCUT2D eigenvalue weighted by Crippen LogP contribution is 2.47. The summed E-state index contributed by atoms with van der Waals surface area (Å²) in [7, 11) is 0. The van der Waals surface area contributed by atoms with Gasteiger partial charge in [-0.15, -0.1) is 0 Å². The molecule has 1 aliphatic carbocycles. The van der Waals surface area contributed by atoms with E-state index in [1.165, 1.54) is 12.8 Å². The molecule has 4 heteroatoms. The van der Waals surface area contributed by atoms with E-state index in [0.29, 0.717) is 18.1 Å². The number of hydrogen-bond acceptors (Lipinski definition) is 4. The minimum atomic E-state index is -0.00331. The average molecular weight is 283 g/mol. The predicted octanol–water partition coefficient (Wildman–Crippen LogP) is 2.47. The topological polar surface area (TPSA) is 38.8 Å². The van der Waals surface area contributed by atoms with Crippen molar-refractivity contribution in [2.45, 2.75) is 52.6 Å². The van der Waals surface area contributed by atoms with Crippen LogP contribution >= 0.6 is 0 Å². The summed E-state index contributed by atoms with van der Waals surface area (Å²) >= 11 is 0. The maximum Gasteiger partial charge on any atom is 0.309 e. The lowest BCUT2D eigenvalue weighted by atomic mass is 9.95. The van der Waals surface area contributed by atoms with Crippen molar-refractivity contribution < 1.29 is 14.3 Å². The van der Waals surface area contributed by atoms with Gasteiger partial charge in [0, 0.05) is 12.0 Å². The lowest BCUT2D eigenvalue weighted by Crippen LogP contribution is -2.41. The number of rotatable bonds is 7. The van der Waals surface area contributed by atoms with Crippen molar-refractivity contribution in [1.29, 1.82) is 0 Å². The highest BCUT2D eigenvalue weighted by atomic mass is 16.5. The second kappa shape index (κ2) is 6.90. The molecule has 116 valence electrons. The molecule has 0 N–H and O–H groups in total. The maximum absolute atomic E-state index is 11.7. The zero-order chi connectivity index (χ0) is 14.6. The van der Waals surface area contributed by atoms with Gasteiger partial charge in [0.25, 0.3) is 0 Å². The predicted molar refractivity (Wildman–Crippen MR) is 78.6 cm³/mol. The number of likely N-dealkylation sites (tertiary alicyclic amines) is 1. The Labute approximate surface area is 122 Å². The number of hydrogen-bond donors (Lipinski definition) is 0. The highest BCUT2D eigenvalue weighted by molar-refractivity contribution is 5.72. The van der Waals surface area contributed by atoms with E-state index < -0.39 is 0 Å². The molecule has 0 amide bonds. The zero-order valence-electron chi connectivity index (χ0n) is 13.2. The van der Waals surface area contributed by atoms with E-state index in [4.69, 9.17) is 9.47 Å². The van der Waals surface area contributed by atoms with Gasteiger partial charge in [0.1, 0.15) is 0 Å². The smallest absolute Gasteiger partial charge is 0.309 e. The van der Waals surface area contributed by atoms with Crippen molar-refractivity contribution in [3.8, 4) is 0 Å². The van der Waals surface area contributed by atoms with Crippen LogP contribution in [0.1, 0.15) is 46.5 Å². The van der Waals surface area contributed by atoms with Crippen molar-refractivity contribution in [3.05, 3.63) is 0 Å². The summed E-state index contributed by atoms with van der Waals surface area (Å²) < 4.78 is 10.9. The van der Waals surface area contributed by atoms with Crippen LogP contribution in [0, 0.1) is 11.3 Å². The molecule has 0 unspecified atom stereocenters. The Morgan fingerprint density at radius 2 is 1.95 bits per heavy atom. The minimum absolute atomic E-state index is 0.00331. The maximum atomic E-state index is 11.7. The van der Waals surface area contributed by atoms with Gasteiger partial charge in [0.2, 0.25) is 0 Å². The summed E-state index contributed by atoms with van der Waals surface area (Å²) in [6.07, 6.45) is 4.79. The SMILES string of the molecule is CCOC(=O)C1CCN(CC2(COC(C)C)CC2)CC1. The molecule has 0 aromatic carbocycles. The van der Waals surface area contributed by atoms with Gasteiger partial charge in [-0.05, 0) is 59.5 Å². The van der Waals surface area contributed by atoms with Gasteiger partial charge >= 0.3 is 5.97 Å². The normalized spacial score (nSPS) is 23.0. The Morgan fingerprint density at radius 3 is 2.45 bits per heavy atom. The molecule has 1 saturated carbocycles. The molecule has 1 heterocycles. The van der Waals surface area contributed by atoms with E-state index in [1.807, 2.05) is 6.92 Å². The Kier molecular flexibility index (Phi) is 5.44. The van der Waals surface area contributed by atoms with E-state index in [1.54, 1.807) is 0 Å². The van der Waals surface area contributed by atoms with Gasteiger partial charge in [0.05, 0.1) is 25.2 Å². The van der Waals surface area contributed by atoms with Crippen LogP contribution in [0.2, 0.25) is 0 Å². The molecule has 1 saturated heterocycles. The van der Waals surface area contributed by atoms with Crippen LogP contribution in [0.3, 0.4) is 0 Å². The Hall–Kier alpha value is -0.610. The molecule has 0 atom stereocenters. The Morgan fingerprint density at radius 1 is 1.30 bits per heavy atom. The van der Waals surface area contributed by atoms with Gasteiger partial charge in [-0.3, -0.25) is 4.79 Å². The van der Waals surface area contributed by atoms with Gasteiger partial charge in [-0.1, -0.05) is 0 Å². The number of ether oxygens (including phenoxy) is 2. The highest BCUT2D eigenvalue weighted by Gasteiger charge is 2.44. The molecule has 2 aliphatic rings. The van der Waals surface area contributed by atoms with Crippen LogP contribution in [-0.4, -0.2) is 49.8 Å². The van der Waals surface area contributed by atoms with Gasteiger partial charge < -0.3 is 14.4 Å². The Balaban J connectivity index is 1.70. The molecule has 1 aliphatic heterocycles. The summed E-state index contributed by atoms with van der Waals surface area (Å²) in [5, 5.41) is 0. The second-order valence-corrected chi connectivity index (χ2v) is 6.66. The third-order valence-corrected chi connectivity index (χ3v) is 4.45. The van der Waals surface area contributed by atoms with E-state index in [0.717, 1.165) is 39.1 Å². The molecule has 20 heavy (non-hydrogen) atoms. The first-order valence-corrected chi connectivity index (χ1v) is 8.05. The summed E-state index contributed by atoms with van der Waals surface area (Å²) in [6.45, 7) is 10.6. The molecule has 0 spiro atoms. The summed E-state index contributed by atoms with van der Waals surface area (Å²) in [4.78, 5) is 14.2. The molecule has 0 aromatic heterocycles. The number of carbonyl (C=O) groups is 1. The average Bonchev–Trinajstić information content (AvgIpc) is 3.18. The van der Waals surface area contributed by atoms with Crippen molar-refractivity contribution in [3.63, 3.8) is 0 Å². The largest absolute Gasteiger partial charge is 0.466 e. The number of piperidine rings is 1. The molecule has 0 bridgehead atoms. The van der Waals surface area contributed by atoms with Crippen LogP contribution in [0.5, 0.6) is 0 Å². The van der Waals surface area contributed by atoms with Crippen molar-refractivity contribution >= 4 is 5.97 Å². The zero-order valence-corrected chi connectivity index (χ0v) is 13.2. The summed E-state index contributed by atoms with van der Waals surface area (Å²) in [5.41, 5.74) is 0.404. The number of nitrogens with zero attached hydrogens (tertiary/aromatic N) is 1. The molecule has 0 aromatic rings. The first-order chi connectivity index (χ1) is 9.54. The standard InChI is InChI=1S/C16H29NO3/c1-4-19-15(18)14-5-9-17(10-6-14)11-16(7-8-16)12-20-13(2)3/h13-14H,4-12H2,1-3H3. The van der Waals surface area contributed by atoms with Gasteiger partial charge in [-0.2, -0.15) is 0 Å². The molecule has 0 radical (unpaired) electrons. The lowest BCUT2D eigenvalue weighted by molar-refractivity contribution is -0.149. The number of carbonyl (C=O) groups excluding carboxylic acids is 1. The molecular formula is C16H29NO3. The van der Waals surface area contributed by atoms with E-state index in [2.05, 4.69) is 18.7 Å². The van der Waals surface area contributed by atoms with Crippen LogP contribution in [0.4, 0.5) is 0 Å². The van der Waals surface area contributed by atoms with E-state index in [9.17, 15) is 4.79 Å². The van der Waals surface area contributed by atoms with Crippen molar-refractivity contribution in [2.24, 2.45) is 11.3 Å². The van der Waals surface area contributed by atoms with E-state index >= 15 is 0 Å². The fourth-order valence-electron chi connectivity index (χ4n) is 2.93. The third-order valence-electron chi connectivity index (χ3n) is 4.45. The first-order valence-electron chi connectivity index (χ1n) is 8.05. The molecular weight excluding hydrogens is 254 g/mol. The van der Waals surface area contributed by atoms with Crippen molar-refractivity contribution in [1.82, 2.24) is 4.90 Å². The molecule has 4 nitrogen and oxygen atoms in total. The van der Waals surface area contributed by atoms with E-state index in [-0.39, 0.29) is 11.9 Å². The first kappa shape index (κ1) is 15.8. The van der Waals surface area contributed by atoms with Crippen molar-refractivity contribution in [2.75, 3.05) is 32.8 Å². The van der Waals surface area contributed by atoms with Crippen LogP contribution in [0.15, 0.2) is 0 Å². The number of esters is 1. The quantitative estimate of drug-likeness (QED) is 0.673. The third kappa shape index (κ3) is 4.45. The summed E-state index contributed by atoms with van der Waals surface area (Å²) in [6, 6.07) is 0. The van der Waals surface area contributed by atoms with Gasteiger partial charge in [0.15, 0.2) is 0 Å². The minimum Gasteiger partial charge on any atom is -0.466 e. The molecule has 2 rings (SSSR count). The van der Waals surface area contributed by atoms with Crippen LogP contribution in [-0.2, 0) is 14.3 Å². The summed E-state index contributed by atoms with van der Waals surface area (Å²) in [5.74, 6) is 0.115. The monoisotopic (exact) mass is 283 g/mol.